The van der Waals surface area contributed by atoms with Gasteiger partial charge in [-0.1, -0.05) is 28.0 Å². The van der Waals surface area contributed by atoms with Gasteiger partial charge in [-0.15, -0.1) is 0 Å². The van der Waals surface area contributed by atoms with Gasteiger partial charge in [0.2, 0.25) is 5.91 Å². The minimum atomic E-state index is -0.993. The van der Waals surface area contributed by atoms with Crippen LogP contribution in [-0.4, -0.2) is 34.5 Å². The van der Waals surface area contributed by atoms with Crippen molar-refractivity contribution in [3.05, 3.63) is 0 Å². The fraction of sp³-hybridized carbons (Fsp3) is 0.800. The van der Waals surface area contributed by atoms with E-state index in [0.717, 1.165) is 18.1 Å². The third-order valence-electron chi connectivity index (χ3n) is 2.34. The molecule has 2 N–H and O–H groups in total. The monoisotopic (exact) mass is 263 g/mol. The number of nitrogens with one attached hydrogen (secondary N) is 1. The number of aliphatic carboxylic acids is 1. The maximum absolute atomic E-state index is 11.2. The minimum Gasteiger partial charge on any atom is -0.480 e. The first kappa shape index (κ1) is 13.7. The molecule has 6 heteroatoms. The van der Waals surface area contributed by atoms with E-state index in [-0.39, 0.29) is 12.5 Å². The highest BCUT2D eigenvalue weighted by Gasteiger charge is 2.15. The number of hydrogen-bond donors (Lipinski definition) is 2. The first-order valence-electron chi connectivity index (χ1n) is 5.45. The summed E-state index contributed by atoms with van der Waals surface area (Å²) in [4.78, 5) is 21.3. The van der Waals surface area contributed by atoms with E-state index in [1.165, 1.54) is 18.6 Å². The number of carboxylic acids is 1. The number of amides is 1. The topological polar surface area (TPSA) is 66.4 Å². The summed E-state index contributed by atoms with van der Waals surface area (Å²) in [6, 6.07) is 0. The largest absolute Gasteiger partial charge is 0.480 e. The molecule has 1 saturated heterocycles. The van der Waals surface area contributed by atoms with E-state index < -0.39 is 5.97 Å². The van der Waals surface area contributed by atoms with E-state index in [4.69, 9.17) is 5.11 Å². The number of rotatable bonds is 7. The highest BCUT2D eigenvalue weighted by molar-refractivity contribution is 8.77. The molecule has 1 aliphatic rings. The molecule has 1 amide bonds. The number of carboxylic acid groups (broad SMARTS) is 1. The Labute approximate surface area is 103 Å². The zero-order valence-corrected chi connectivity index (χ0v) is 10.7. The van der Waals surface area contributed by atoms with Crippen LogP contribution in [0.2, 0.25) is 0 Å². The van der Waals surface area contributed by atoms with Crippen molar-refractivity contribution in [2.45, 2.75) is 37.4 Å². The molecular formula is C10H17NO3S2. The molecule has 0 aromatic rings. The fourth-order valence-corrected chi connectivity index (χ4v) is 4.51. The molecule has 0 unspecified atom stereocenters. The molecule has 0 aromatic carbocycles. The van der Waals surface area contributed by atoms with Gasteiger partial charge < -0.3 is 10.4 Å². The van der Waals surface area contributed by atoms with Gasteiger partial charge in [0, 0.05) is 17.4 Å². The molecule has 4 nitrogen and oxygen atoms in total. The Kier molecular flexibility index (Phi) is 6.71. The quantitative estimate of drug-likeness (QED) is 0.542. The lowest BCUT2D eigenvalue weighted by molar-refractivity contribution is -0.137. The number of carbonyl (C=O) groups is 2. The number of carbonyl (C=O) groups excluding carboxylic acids is 1. The molecule has 0 radical (unpaired) electrons. The van der Waals surface area contributed by atoms with E-state index in [1.807, 2.05) is 21.6 Å². The van der Waals surface area contributed by atoms with E-state index >= 15 is 0 Å². The predicted molar refractivity (Wildman–Crippen MR) is 67.6 cm³/mol. The summed E-state index contributed by atoms with van der Waals surface area (Å²) in [5.41, 5.74) is 0. The van der Waals surface area contributed by atoms with Crippen molar-refractivity contribution in [3.8, 4) is 0 Å². The van der Waals surface area contributed by atoms with Crippen LogP contribution >= 0.6 is 21.6 Å². The molecule has 1 atom stereocenters. The van der Waals surface area contributed by atoms with Crippen LogP contribution in [0.3, 0.4) is 0 Å². The van der Waals surface area contributed by atoms with Crippen LogP contribution in [0.15, 0.2) is 0 Å². The van der Waals surface area contributed by atoms with Crippen molar-refractivity contribution < 1.29 is 14.7 Å². The second-order valence-corrected chi connectivity index (χ2v) is 6.53. The fourth-order valence-electron chi connectivity index (χ4n) is 1.48. The van der Waals surface area contributed by atoms with Gasteiger partial charge in [0.25, 0.3) is 0 Å². The third kappa shape index (κ3) is 6.27. The Hall–Kier alpha value is -0.360. The highest BCUT2D eigenvalue weighted by atomic mass is 33.1. The number of hydrogen-bond acceptors (Lipinski definition) is 4. The molecule has 1 aliphatic heterocycles. The lowest BCUT2D eigenvalue weighted by Crippen LogP contribution is -2.28. The second-order valence-electron chi connectivity index (χ2n) is 3.75. The maximum atomic E-state index is 11.2. The molecule has 0 aliphatic carbocycles. The normalized spacial score (nSPS) is 19.6. The van der Waals surface area contributed by atoms with Crippen molar-refractivity contribution in [1.29, 1.82) is 0 Å². The second kappa shape index (κ2) is 7.84. The Morgan fingerprint density at radius 1 is 1.38 bits per heavy atom. The van der Waals surface area contributed by atoms with Crippen LogP contribution in [0.4, 0.5) is 0 Å². The maximum Gasteiger partial charge on any atom is 0.322 e. The summed E-state index contributed by atoms with van der Waals surface area (Å²) in [6.07, 6.45) is 4.80. The van der Waals surface area contributed by atoms with Crippen molar-refractivity contribution in [2.24, 2.45) is 0 Å². The molecule has 0 aromatic heterocycles. The van der Waals surface area contributed by atoms with Crippen LogP contribution < -0.4 is 5.32 Å². The van der Waals surface area contributed by atoms with Crippen molar-refractivity contribution in [1.82, 2.24) is 5.32 Å². The van der Waals surface area contributed by atoms with Crippen LogP contribution in [0.25, 0.3) is 0 Å². The van der Waals surface area contributed by atoms with Gasteiger partial charge >= 0.3 is 5.97 Å². The van der Waals surface area contributed by atoms with E-state index in [1.54, 1.807) is 0 Å². The highest BCUT2D eigenvalue weighted by Crippen LogP contribution is 2.39. The zero-order chi connectivity index (χ0) is 11.8. The average molecular weight is 263 g/mol. The van der Waals surface area contributed by atoms with Crippen molar-refractivity contribution >= 4 is 33.5 Å². The Bertz CT molecular complexity index is 242. The SMILES string of the molecule is O=C(O)CNC(=O)CCCC[C@@H]1CCSS1. The van der Waals surface area contributed by atoms with Gasteiger partial charge in [0.1, 0.15) is 6.54 Å². The molecular weight excluding hydrogens is 246 g/mol. The van der Waals surface area contributed by atoms with Gasteiger partial charge in [0.15, 0.2) is 0 Å². The summed E-state index contributed by atoms with van der Waals surface area (Å²) < 4.78 is 0. The molecule has 0 spiro atoms. The first-order valence-corrected chi connectivity index (χ1v) is 7.83. The van der Waals surface area contributed by atoms with Crippen LogP contribution in [0.1, 0.15) is 32.1 Å². The molecule has 0 bridgehead atoms. The predicted octanol–water partition coefficient (Wildman–Crippen LogP) is 1.90. The Morgan fingerprint density at radius 2 is 2.19 bits per heavy atom. The summed E-state index contributed by atoms with van der Waals surface area (Å²) in [7, 11) is 3.88. The van der Waals surface area contributed by atoms with E-state index in [9.17, 15) is 9.59 Å². The third-order valence-corrected chi connectivity index (χ3v) is 5.35. The first-order chi connectivity index (χ1) is 7.68. The Morgan fingerprint density at radius 3 is 2.81 bits per heavy atom. The van der Waals surface area contributed by atoms with Crippen LogP contribution in [0, 0.1) is 0 Å². The van der Waals surface area contributed by atoms with Gasteiger partial charge in [0.05, 0.1) is 0 Å². The molecule has 92 valence electrons. The van der Waals surface area contributed by atoms with E-state index in [0.29, 0.717) is 6.42 Å². The summed E-state index contributed by atoms with van der Waals surface area (Å²) in [5, 5.41) is 11.5. The average Bonchev–Trinajstić information content (AvgIpc) is 2.74. The molecule has 0 saturated carbocycles. The lowest BCUT2D eigenvalue weighted by atomic mass is 10.1. The molecule has 16 heavy (non-hydrogen) atoms. The van der Waals surface area contributed by atoms with Gasteiger partial charge in [-0.3, -0.25) is 9.59 Å². The Balaban J connectivity index is 1.93. The lowest BCUT2D eigenvalue weighted by Gasteiger charge is -2.06. The smallest absolute Gasteiger partial charge is 0.322 e. The zero-order valence-electron chi connectivity index (χ0n) is 9.11. The minimum absolute atomic E-state index is 0.157. The molecule has 1 heterocycles. The van der Waals surface area contributed by atoms with Gasteiger partial charge in [-0.25, -0.2) is 0 Å². The van der Waals surface area contributed by atoms with Gasteiger partial charge in [-0.2, -0.15) is 0 Å². The summed E-state index contributed by atoms with van der Waals surface area (Å²) in [6.45, 7) is -0.270. The van der Waals surface area contributed by atoms with Crippen LogP contribution in [0.5, 0.6) is 0 Å². The van der Waals surface area contributed by atoms with Crippen LogP contribution in [-0.2, 0) is 9.59 Å². The van der Waals surface area contributed by atoms with Crippen molar-refractivity contribution in [3.63, 3.8) is 0 Å². The summed E-state index contributed by atoms with van der Waals surface area (Å²) in [5.74, 6) is 0.0950. The van der Waals surface area contributed by atoms with Gasteiger partial charge in [-0.05, 0) is 19.3 Å². The molecule has 1 rings (SSSR count). The number of unbranched alkanes of at least 4 members (excludes halogenated alkanes) is 1. The molecule has 1 fully saturated rings. The standard InChI is InChI=1S/C10H17NO3S2/c12-9(11-7-10(13)14)4-2-1-3-8-5-6-15-16-8/h8H,1-7H2,(H,11,12)(H,13,14)/t8-/m1/s1. The summed E-state index contributed by atoms with van der Waals surface area (Å²) >= 11 is 0. The van der Waals surface area contributed by atoms with Crippen molar-refractivity contribution in [2.75, 3.05) is 12.3 Å². The van der Waals surface area contributed by atoms with E-state index in [2.05, 4.69) is 5.32 Å².